The number of alkyl halides is 6. The summed E-state index contributed by atoms with van der Waals surface area (Å²) in [5.41, 5.74) is 6.12. The number of benzene rings is 2. The number of nitrogens with one attached hydrogen (secondary N) is 1. The lowest BCUT2D eigenvalue weighted by Crippen LogP contribution is -2.47. The topological polar surface area (TPSA) is 114 Å². The lowest BCUT2D eigenvalue weighted by molar-refractivity contribution is -0.143. The van der Waals surface area contributed by atoms with Crippen molar-refractivity contribution in [3.05, 3.63) is 53.1 Å². The quantitative estimate of drug-likeness (QED) is 0.117. The standard InChI is InChI=1S/C15H16F6N2O2.C8H11N3OS/c1-22-2-4-23(5-3-22)13(24)25-9-10-6-11(14(16,17)18)8-12(7-10)15(19,20)21;9-7-2-1-6(13-4-3-12)5-8(7)11-10/h6-8H,2-5,9H2,1H3;1-3,5,11H,4,9-10H2. The van der Waals surface area contributed by atoms with E-state index >= 15 is 0 Å². The van der Waals surface area contributed by atoms with E-state index in [9.17, 15) is 35.9 Å². The third-order valence-corrected chi connectivity index (χ3v) is 6.16. The molecule has 5 N–H and O–H groups in total. The molecule has 1 saturated heterocycles. The van der Waals surface area contributed by atoms with Crippen LogP contribution in [0.3, 0.4) is 0 Å². The largest absolute Gasteiger partial charge is 0.445 e. The number of hydrogen-bond donors (Lipinski definition) is 3. The van der Waals surface area contributed by atoms with Crippen molar-refractivity contribution in [2.45, 2.75) is 23.9 Å². The number of piperazine rings is 1. The van der Waals surface area contributed by atoms with Gasteiger partial charge in [0.05, 0.1) is 28.3 Å². The van der Waals surface area contributed by atoms with Gasteiger partial charge in [0.25, 0.3) is 0 Å². The highest BCUT2D eigenvalue weighted by Gasteiger charge is 2.37. The van der Waals surface area contributed by atoms with Crippen molar-refractivity contribution in [1.29, 1.82) is 0 Å². The van der Waals surface area contributed by atoms with Crippen molar-refractivity contribution in [1.82, 2.24) is 9.80 Å². The first-order chi connectivity index (χ1) is 17.7. The molecule has 0 bridgehead atoms. The monoisotopic (exact) mass is 567 g/mol. The van der Waals surface area contributed by atoms with E-state index in [1.807, 2.05) is 24.1 Å². The second-order valence-corrected chi connectivity index (χ2v) is 9.22. The molecule has 0 aromatic heterocycles. The highest BCUT2D eigenvalue weighted by Crippen LogP contribution is 2.36. The number of nitrogens with zero attached hydrogens (tertiary/aromatic N) is 2. The van der Waals surface area contributed by atoms with E-state index < -0.39 is 36.2 Å². The summed E-state index contributed by atoms with van der Waals surface area (Å²) < 4.78 is 81.5. The number of amides is 1. The summed E-state index contributed by atoms with van der Waals surface area (Å²) in [6, 6.07) is 6.54. The SMILES string of the molecule is CN1CCN(C(=O)OCc2cc(C(F)(F)F)cc(C(F)(F)F)c2)CC1.NNc1cc(SCC=O)ccc1N. The van der Waals surface area contributed by atoms with E-state index in [1.54, 1.807) is 6.07 Å². The number of aldehydes is 1. The second-order valence-electron chi connectivity index (χ2n) is 8.13. The van der Waals surface area contributed by atoms with Crippen molar-refractivity contribution in [2.24, 2.45) is 5.84 Å². The van der Waals surface area contributed by atoms with Crippen LogP contribution in [0.4, 0.5) is 42.5 Å². The van der Waals surface area contributed by atoms with Crippen LogP contribution >= 0.6 is 11.8 Å². The number of hydrazine groups is 1. The fourth-order valence-electron chi connectivity index (χ4n) is 3.21. The van der Waals surface area contributed by atoms with Crippen molar-refractivity contribution in [2.75, 3.05) is 50.1 Å². The van der Waals surface area contributed by atoms with Gasteiger partial charge in [-0.2, -0.15) is 26.3 Å². The third-order valence-electron chi connectivity index (χ3n) is 5.27. The molecule has 0 radical (unpaired) electrons. The molecule has 0 saturated carbocycles. The predicted molar refractivity (Wildman–Crippen MR) is 131 cm³/mol. The lowest BCUT2D eigenvalue weighted by atomic mass is 10.1. The van der Waals surface area contributed by atoms with Crippen LogP contribution in [0.2, 0.25) is 0 Å². The summed E-state index contributed by atoms with van der Waals surface area (Å²) in [5, 5.41) is 0. The summed E-state index contributed by atoms with van der Waals surface area (Å²) in [5.74, 6) is 5.68. The summed E-state index contributed by atoms with van der Waals surface area (Å²) in [4.78, 5) is 26.3. The predicted octanol–water partition coefficient (Wildman–Crippen LogP) is 4.45. The summed E-state index contributed by atoms with van der Waals surface area (Å²) in [6.45, 7) is 1.31. The number of halogens is 6. The van der Waals surface area contributed by atoms with Gasteiger partial charge in [-0.05, 0) is 49.0 Å². The number of hydrogen-bond acceptors (Lipinski definition) is 8. The number of likely N-dealkylation sites (N-methyl/N-ethyl adjacent to an activating group) is 1. The highest BCUT2D eigenvalue weighted by molar-refractivity contribution is 7.99. The normalized spacial score (nSPS) is 14.4. The Morgan fingerprint density at radius 3 is 2.11 bits per heavy atom. The van der Waals surface area contributed by atoms with Crippen molar-refractivity contribution in [3.8, 4) is 0 Å². The number of nitrogens with two attached hydrogens (primary N) is 2. The molecule has 3 rings (SSSR count). The van der Waals surface area contributed by atoms with Gasteiger partial charge in [0.2, 0.25) is 0 Å². The van der Waals surface area contributed by atoms with Crippen molar-refractivity contribution < 1.29 is 40.7 Å². The molecular formula is C23H27F6N5O3S. The Labute approximate surface area is 219 Å². The number of carbonyl (C=O) groups is 2. The summed E-state index contributed by atoms with van der Waals surface area (Å²) >= 11 is 1.44. The van der Waals surface area contributed by atoms with Crippen molar-refractivity contribution in [3.63, 3.8) is 0 Å². The molecule has 0 unspecified atom stereocenters. The molecule has 1 amide bonds. The van der Waals surface area contributed by atoms with Gasteiger partial charge in [-0.3, -0.25) is 5.84 Å². The van der Waals surface area contributed by atoms with E-state index in [0.29, 0.717) is 55.4 Å². The first-order valence-corrected chi connectivity index (χ1v) is 12.0. The van der Waals surface area contributed by atoms with Crippen LogP contribution in [0.5, 0.6) is 0 Å². The Morgan fingerprint density at radius 2 is 1.61 bits per heavy atom. The van der Waals surface area contributed by atoms with Crippen LogP contribution < -0.4 is 17.0 Å². The fourth-order valence-corrected chi connectivity index (χ4v) is 3.83. The molecule has 38 heavy (non-hydrogen) atoms. The van der Waals surface area contributed by atoms with Crippen LogP contribution in [0.25, 0.3) is 0 Å². The maximum Gasteiger partial charge on any atom is 0.416 e. The molecule has 0 spiro atoms. The van der Waals surface area contributed by atoms with Gasteiger partial charge in [0.1, 0.15) is 12.9 Å². The molecule has 2 aromatic rings. The molecule has 1 heterocycles. The first kappa shape index (κ1) is 31.1. The van der Waals surface area contributed by atoms with Gasteiger partial charge < -0.3 is 30.5 Å². The zero-order valence-electron chi connectivity index (χ0n) is 20.2. The maximum absolute atomic E-state index is 12.8. The molecular weight excluding hydrogens is 540 g/mol. The van der Waals surface area contributed by atoms with E-state index in [2.05, 4.69) is 5.43 Å². The summed E-state index contributed by atoms with van der Waals surface area (Å²) in [7, 11) is 1.87. The van der Waals surface area contributed by atoms with E-state index in [0.717, 1.165) is 11.2 Å². The van der Waals surface area contributed by atoms with Gasteiger partial charge in [0.15, 0.2) is 0 Å². The number of anilines is 2. The molecule has 2 aromatic carbocycles. The number of nitrogen functional groups attached to an aromatic ring is 2. The summed E-state index contributed by atoms with van der Waals surface area (Å²) in [6.07, 6.45) is -9.77. The zero-order chi connectivity index (χ0) is 28.5. The molecule has 1 aliphatic rings. The smallest absolute Gasteiger partial charge is 0.416 e. The van der Waals surface area contributed by atoms with Gasteiger partial charge in [0, 0.05) is 31.1 Å². The molecule has 1 aliphatic heterocycles. The average molecular weight is 568 g/mol. The van der Waals surface area contributed by atoms with E-state index in [4.69, 9.17) is 16.3 Å². The van der Waals surface area contributed by atoms with Crippen LogP contribution in [-0.2, 0) is 28.5 Å². The minimum atomic E-state index is -4.93. The minimum absolute atomic E-state index is 0.0335. The highest BCUT2D eigenvalue weighted by atomic mass is 32.2. The Morgan fingerprint density at radius 1 is 1.03 bits per heavy atom. The Kier molecular flexibility index (Phi) is 11.1. The van der Waals surface area contributed by atoms with Gasteiger partial charge >= 0.3 is 18.4 Å². The van der Waals surface area contributed by atoms with Crippen molar-refractivity contribution >= 4 is 35.5 Å². The van der Waals surface area contributed by atoms with Crippen LogP contribution in [0, 0.1) is 0 Å². The van der Waals surface area contributed by atoms with E-state index in [-0.39, 0.29) is 11.6 Å². The minimum Gasteiger partial charge on any atom is -0.445 e. The number of thioether (sulfide) groups is 1. The Bertz CT molecular complexity index is 1060. The first-order valence-electron chi connectivity index (χ1n) is 11.1. The van der Waals surface area contributed by atoms with Crippen LogP contribution in [0.1, 0.15) is 16.7 Å². The molecule has 210 valence electrons. The Hall–Kier alpha value is -3.17. The van der Waals surface area contributed by atoms with Gasteiger partial charge in [-0.1, -0.05) is 0 Å². The Balaban J connectivity index is 0.000000328. The lowest BCUT2D eigenvalue weighted by Gasteiger charge is -2.31. The van der Waals surface area contributed by atoms with Gasteiger partial charge in [-0.25, -0.2) is 4.79 Å². The van der Waals surface area contributed by atoms with Crippen LogP contribution in [-0.4, -0.2) is 61.2 Å². The van der Waals surface area contributed by atoms with E-state index in [1.165, 1.54) is 16.7 Å². The molecule has 8 nitrogen and oxygen atoms in total. The number of rotatable bonds is 6. The van der Waals surface area contributed by atoms with Crippen LogP contribution in [0.15, 0.2) is 41.3 Å². The fraction of sp³-hybridized carbons (Fsp3) is 0.391. The molecule has 0 aliphatic carbocycles. The molecule has 15 heteroatoms. The zero-order valence-corrected chi connectivity index (χ0v) is 21.1. The average Bonchev–Trinajstić information content (AvgIpc) is 2.86. The molecule has 1 fully saturated rings. The number of carbonyl (C=O) groups excluding carboxylic acids is 2. The third kappa shape index (κ3) is 9.61. The second kappa shape index (κ2) is 13.6. The number of ether oxygens (including phenoxy) is 1. The molecule has 0 atom stereocenters. The van der Waals surface area contributed by atoms with Gasteiger partial charge in [-0.15, -0.1) is 11.8 Å². The maximum atomic E-state index is 12.8.